The minimum absolute atomic E-state index is 0.777. The molecule has 2 nitrogen and oxygen atoms in total. The second-order valence-electron chi connectivity index (χ2n) is 7.03. The molecule has 0 aromatic rings. The Hall–Kier alpha value is -0.0800. The molecule has 2 aliphatic carbocycles. The Kier molecular flexibility index (Phi) is 3.95. The molecule has 0 radical (unpaired) electrons. The van der Waals surface area contributed by atoms with Gasteiger partial charge in [-0.1, -0.05) is 19.8 Å². The molecule has 104 valence electrons. The lowest BCUT2D eigenvalue weighted by atomic mass is 9.78. The van der Waals surface area contributed by atoms with Gasteiger partial charge in [0.2, 0.25) is 0 Å². The van der Waals surface area contributed by atoms with Crippen molar-refractivity contribution in [2.24, 2.45) is 11.8 Å². The van der Waals surface area contributed by atoms with Crippen LogP contribution in [0.15, 0.2) is 0 Å². The highest BCUT2D eigenvalue weighted by atomic mass is 15.2. The van der Waals surface area contributed by atoms with Gasteiger partial charge in [0.1, 0.15) is 0 Å². The van der Waals surface area contributed by atoms with E-state index in [1.807, 2.05) is 0 Å². The summed E-state index contributed by atoms with van der Waals surface area (Å²) in [6, 6.07) is 2.47. The highest BCUT2D eigenvalue weighted by molar-refractivity contribution is 4.93. The van der Waals surface area contributed by atoms with Gasteiger partial charge in [-0.05, 0) is 50.9 Å². The molecule has 0 amide bonds. The number of hydrogen-bond acceptors (Lipinski definition) is 2. The lowest BCUT2D eigenvalue weighted by molar-refractivity contribution is 0.0503. The zero-order valence-corrected chi connectivity index (χ0v) is 12.2. The van der Waals surface area contributed by atoms with Crippen molar-refractivity contribution in [3.05, 3.63) is 0 Å². The van der Waals surface area contributed by atoms with Crippen molar-refractivity contribution in [3.63, 3.8) is 0 Å². The minimum Gasteiger partial charge on any atom is -0.310 e. The minimum atomic E-state index is 0.777. The quantitative estimate of drug-likeness (QED) is 0.807. The molecule has 18 heavy (non-hydrogen) atoms. The Morgan fingerprint density at radius 1 is 1.11 bits per heavy atom. The molecule has 0 aromatic heterocycles. The van der Waals surface area contributed by atoms with Crippen LogP contribution in [0.1, 0.15) is 58.8 Å². The molecule has 3 atom stereocenters. The first kappa shape index (κ1) is 12.9. The Bertz CT molecular complexity index is 270. The molecule has 3 fully saturated rings. The third-order valence-corrected chi connectivity index (χ3v) is 5.60. The van der Waals surface area contributed by atoms with Gasteiger partial charge in [-0.15, -0.1) is 0 Å². The number of likely N-dealkylation sites (tertiary alicyclic amines) is 1. The number of nitrogens with zero attached hydrogens (tertiary/aromatic N) is 1. The molecule has 2 saturated carbocycles. The van der Waals surface area contributed by atoms with Crippen LogP contribution >= 0.6 is 0 Å². The van der Waals surface area contributed by atoms with E-state index in [9.17, 15) is 0 Å². The number of hydrogen-bond donors (Lipinski definition) is 1. The van der Waals surface area contributed by atoms with Gasteiger partial charge in [-0.3, -0.25) is 4.90 Å². The van der Waals surface area contributed by atoms with Crippen LogP contribution < -0.4 is 5.32 Å². The Morgan fingerprint density at radius 3 is 2.44 bits per heavy atom. The Balaban J connectivity index is 1.57. The first-order chi connectivity index (χ1) is 8.76. The molecule has 3 aliphatic rings. The van der Waals surface area contributed by atoms with E-state index in [-0.39, 0.29) is 0 Å². The van der Waals surface area contributed by atoms with Crippen LogP contribution in [0.2, 0.25) is 0 Å². The molecule has 0 aromatic carbocycles. The van der Waals surface area contributed by atoms with Crippen molar-refractivity contribution in [3.8, 4) is 0 Å². The van der Waals surface area contributed by atoms with Crippen LogP contribution in [-0.2, 0) is 0 Å². The van der Waals surface area contributed by atoms with E-state index >= 15 is 0 Å². The SMILES string of the molecule is CCC1CC(NC2CC2)CN(C(C)C2CCC2)C1. The molecule has 0 spiro atoms. The molecular formula is C16H30N2. The van der Waals surface area contributed by atoms with E-state index in [0.717, 1.165) is 30.0 Å². The molecule has 2 heteroatoms. The zero-order valence-electron chi connectivity index (χ0n) is 12.2. The molecule has 1 saturated heterocycles. The summed E-state index contributed by atoms with van der Waals surface area (Å²) in [5.74, 6) is 1.93. The largest absolute Gasteiger partial charge is 0.310 e. The summed E-state index contributed by atoms with van der Waals surface area (Å²) in [5.41, 5.74) is 0. The summed E-state index contributed by atoms with van der Waals surface area (Å²) < 4.78 is 0. The summed E-state index contributed by atoms with van der Waals surface area (Å²) in [6.45, 7) is 7.52. The highest BCUT2D eigenvalue weighted by Gasteiger charge is 2.35. The van der Waals surface area contributed by atoms with Crippen LogP contribution in [-0.4, -0.2) is 36.1 Å². The molecule has 3 unspecified atom stereocenters. The molecular weight excluding hydrogens is 220 g/mol. The monoisotopic (exact) mass is 250 g/mol. The maximum absolute atomic E-state index is 3.88. The fourth-order valence-electron chi connectivity index (χ4n) is 3.79. The average Bonchev–Trinajstić information content (AvgIpc) is 3.10. The molecule has 3 rings (SSSR count). The first-order valence-electron chi connectivity index (χ1n) is 8.26. The van der Waals surface area contributed by atoms with Gasteiger partial charge < -0.3 is 5.32 Å². The van der Waals surface area contributed by atoms with Gasteiger partial charge in [-0.2, -0.15) is 0 Å². The second kappa shape index (κ2) is 5.50. The maximum atomic E-state index is 3.88. The van der Waals surface area contributed by atoms with Crippen LogP contribution in [0.4, 0.5) is 0 Å². The predicted octanol–water partition coefficient (Wildman–Crippen LogP) is 3.03. The number of rotatable bonds is 5. The van der Waals surface area contributed by atoms with E-state index in [1.54, 1.807) is 0 Å². The van der Waals surface area contributed by atoms with E-state index in [1.165, 1.54) is 58.0 Å². The van der Waals surface area contributed by atoms with Crippen molar-refractivity contribution in [2.75, 3.05) is 13.1 Å². The standard InChI is InChI=1S/C16H30N2/c1-3-13-9-16(17-15-7-8-15)11-18(10-13)12(2)14-5-4-6-14/h12-17H,3-11H2,1-2H3. The van der Waals surface area contributed by atoms with E-state index < -0.39 is 0 Å². The Labute approximate surface area is 113 Å². The highest BCUT2D eigenvalue weighted by Crippen LogP contribution is 2.34. The average molecular weight is 250 g/mol. The molecule has 1 aliphatic heterocycles. The predicted molar refractivity (Wildman–Crippen MR) is 76.7 cm³/mol. The number of piperidine rings is 1. The lowest BCUT2D eigenvalue weighted by Crippen LogP contribution is -2.54. The smallest absolute Gasteiger partial charge is 0.0200 e. The summed E-state index contributed by atoms with van der Waals surface area (Å²) in [7, 11) is 0. The summed E-state index contributed by atoms with van der Waals surface area (Å²) in [5, 5.41) is 3.88. The van der Waals surface area contributed by atoms with E-state index in [0.29, 0.717) is 0 Å². The van der Waals surface area contributed by atoms with Crippen LogP contribution in [0, 0.1) is 11.8 Å². The van der Waals surface area contributed by atoms with Gasteiger partial charge in [-0.25, -0.2) is 0 Å². The third kappa shape index (κ3) is 2.91. The topological polar surface area (TPSA) is 15.3 Å². The first-order valence-corrected chi connectivity index (χ1v) is 8.26. The van der Waals surface area contributed by atoms with Crippen LogP contribution in [0.5, 0.6) is 0 Å². The summed E-state index contributed by atoms with van der Waals surface area (Å²) in [4.78, 5) is 2.81. The molecule has 1 heterocycles. The third-order valence-electron chi connectivity index (χ3n) is 5.60. The van der Waals surface area contributed by atoms with E-state index in [4.69, 9.17) is 0 Å². The maximum Gasteiger partial charge on any atom is 0.0200 e. The molecule has 0 bridgehead atoms. The van der Waals surface area contributed by atoms with Gasteiger partial charge in [0, 0.05) is 31.2 Å². The van der Waals surface area contributed by atoms with E-state index in [2.05, 4.69) is 24.1 Å². The molecule has 1 N–H and O–H groups in total. The van der Waals surface area contributed by atoms with Gasteiger partial charge in [0.25, 0.3) is 0 Å². The fraction of sp³-hybridized carbons (Fsp3) is 1.00. The zero-order chi connectivity index (χ0) is 12.5. The van der Waals surface area contributed by atoms with Gasteiger partial charge in [0.05, 0.1) is 0 Å². The van der Waals surface area contributed by atoms with Crippen LogP contribution in [0.25, 0.3) is 0 Å². The summed E-state index contributed by atoms with van der Waals surface area (Å²) >= 11 is 0. The van der Waals surface area contributed by atoms with Crippen molar-refractivity contribution in [2.45, 2.75) is 76.9 Å². The fourth-order valence-corrected chi connectivity index (χ4v) is 3.79. The lowest BCUT2D eigenvalue weighted by Gasteiger charge is -2.45. The van der Waals surface area contributed by atoms with Crippen LogP contribution in [0.3, 0.4) is 0 Å². The van der Waals surface area contributed by atoms with Crippen molar-refractivity contribution in [1.29, 1.82) is 0 Å². The van der Waals surface area contributed by atoms with Gasteiger partial charge in [0.15, 0.2) is 0 Å². The second-order valence-corrected chi connectivity index (χ2v) is 7.03. The summed E-state index contributed by atoms with van der Waals surface area (Å²) in [6.07, 6.45) is 10.1. The normalized spacial score (nSPS) is 36.3. The van der Waals surface area contributed by atoms with Gasteiger partial charge >= 0.3 is 0 Å². The Morgan fingerprint density at radius 2 is 1.89 bits per heavy atom. The van der Waals surface area contributed by atoms with Crippen molar-refractivity contribution < 1.29 is 0 Å². The van der Waals surface area contributed by atoms with Crippen molar-refractivity contribution >= 4 is 0 Å². The van der Waals surface area contributed by atoms with Crippen molar-refractivity contribution in [1.82, 2.24) is 10.2 Å². The number of nitrogens with one attached hydrogen (secondary N) is 1.